The van der Waals surface area contributed by atoms with E-state index in [4.69, 9.17) is 4.55 Å². The van der Waals surface area contributed by atoms with Crippen molar-refractivity contribution in [2.45, 2.75) is 19.4 Å². The first kappa shape index (κ1) is 10.1. The molecule has 1 aliphatic heterocycles. The lowest BCUT2D eigenvalue weighted by atomic mass is 10.1. The molecule has 1 N–H and O–H groups in total. The van der Waals surface area contributed by atoms with Gasteiger partial charge in [-0.25, -0.2) is 0 Å². The van der Waals surface area contributed by atoms with Crippen LogP contribution in [-0.4, -0.2) is 41.5 Å². The minimum atomic E-state index is -4.40. The van der Waals surface area contributed by atoms with Gasteiger partial charge >= 0.3 is 10.1 Å². The number of amides is 1. The van der Waals surface area contributed by atoms with Crippen LogP contribution >= 0.6 is 0 Å². The molecule has 0 aromatic rings. The number of hydrogen-bond acceptors (Lipinski definition) is 4. The summed E-state index contributed by atoms with van der Waals surface area (Å²) in [5.74, 6) is -0.581. The lowest BCUT2D eigenvalue weighted by Crippen LogP contribution is -2.45. The summed E-state index contributed by atoms with van der Waals surface area (Å²) < 4.78 is 30.1. The zero-order valence-electron chi connectivity index (χ0n) is 7.47. The van der Waals surface area contributed by atoms with Gasteiger partial charge in [0.25, 0.3) is 11.1 Å². The summed E-state index contributed by atoms with van der Waals surface area (Å²) in [4.78, 5) is 15.5. The van der Waals surface area contributed by atoms with Gasteiger partial charge in [0.15, 0.2) is 0 Å². The summed E-state index contributed by atoms with van der Waals surface area (Å²) in [5.41, 5.74) is -1.01. The first-order valence-corrected chi connectivity index (χ1v) is 4.96. The van der Waals surface area contributed by atoms with Gasteiger partial charge in [-0.05, 0) is 13.8 Å². The number of carbonyl (C=O) groups is 1. The van der Waals surface area contributed by atoms with Gasteiger partial charge in [-0.2, -0.15) is 13.4 Å². The van der Waals surface area contributed by atoms with Crippen molar-refractivity contribution in [2.75, 3.05) is 7.05 Å². The number of carbonyl (C=O) groups excluding carboxylic acids is 1. The number of rotatable bonds is 0. The first-order valence-electron chi connectivity index (χ1n) is 3.52. The van der Waals surface area contributed by atoms with E-state index in [1.54, 1.807) is 0 Å². The Hall–Kier alpha value is -0.950. The molecule has 74 valence electrons. The molecule has 0 saturated heterocycles. The second kappa shape index (κ2) is 2.52. The second-order valence-corrected chi connectivity index (χ2v) is 4.61. The minimum Gasteiger partial charge on any atom is -0.334 e. The van der Waals surface area contributed by atoms with Gasteiger partial charge in [0.2, 0.25) is 0 Å². The van der Waals surface area contributed by atoms with Crippen LogP contribution in [0.3, 0.4) is 0 Å². The minimum absolute atomic E-state index is 0.581. The van der Waals surface area contributed by atoms with Crippen LogP contribution in [0.4, 0.5) is 0 Å². The zero-order valence-corrected chi connectivity index (χ0v) is 8.29. The third-order valence-electron chi connectivity index (χ3n) is 2.08. The summed E-state index contributed by atoms with van der Waals surface area (Å²) in [7, 11) is -3.01. The van der Waals surface area contributed by atoms with E-state index in [2.05, 4.69) is 4.99 Å². The van der Waals surface area contributed by atoms with Crippen LogP contribution in [0.1, 0.15) is 13.8 Å². The fourth-order valence-electron chi connectivity index (χ4n) is 0.912. The topological polar surface area (TPSA) is 87.0 Å². The van der Waals surface area contributed by atoms with Gasteiger partial charge in [0.1, 0.15) is 5.54 Å². The van der Waals surface area contributed by atoms with E-state index in [0.29, 0.717) is 0 Å². The van der Waals surface area contributed by atoms with Gasteiger partial charge in [0.05, 0.1) is 0 Å². The highest BCUT2D eigenvalue weighted by atomic mass is 32.2. The van der Waals surface area contributed by atoms with Crippen molar-refractivity contribution in [2.24, 2.45) is 4.99 Å². The lowest BCUT2D eigenvalue weighted by molar-refractivity contribution is -0.123. The number of aliphatic imine (C=N–C) groups is 1. The maximum Gasteiger partial charge on any atom is 0.328 e. The summed E-state index contributed by atoms with van der Waals surface area (Å²) in [6, 6.07) is 0. The Morgan fingerprint density at radius 1 is 1.46 bits per heavy atom. The van der Waals surface area contributed by atoms with E-state index in [9.17, 15) is 13.2 Å². The second-order valence-electron chi connectivity index (χ2n) is 3.29. The van der Waals surface area contributed by atoms with Gasteiger partial charge < -0.3 is 4.90 Å². The molecule has 0 unspecified atom stereocenters. The molecule has 0 fully saturated rings. The van der Waals surface area contributed by atoms with Crippen molar-refractivity contribution in [3.05, 3.63) is 0 Å². The van der Waals surface area contributed by atoms with Crippen LogP contribution in [0.25, 0.3) is 0 Å². The standard InChI is InChI=1S/C6H10N2O4S/c1-6(2)4(9)7-5(8(6)3)13(10,11)12/h1-3H3,(H,10,11,12). The van der Waals surface area contributed by atoms with Crippen LogP contribution in [0.2, 0.25) is 0 Å². The smallest absolute Gasteiger partial charge is 0.328 e. The summed E-state index contributed by atoms with van der Waals surface area (Å²) in [5, 5.41) is -0.595. The highest BCUT2D eigenvalue weighted by Crippen LogP contribution is 2.23. The average Bonchev–Trinajstić information content (AvgIpc) is 2.12. The van der Waals surface area contributed by atoms with E-state index in [-0.39, 0.29) is 0 Å². The van der Waals surface area contributed by atoms with Crippen LogP contribution in [0.15, 0.2) is 4.99 Å². The van der Waals surface area contributed by atoms with Crippen molar-refractivity contribution >= 4 is 21.2 Å². The Labute approximate surface area is 76.0 Å². The molecule has 1 aliphatic rings. The molecule has 0 aliphatic carbocycles. The van der Waals surface area contributed by atoms with Gasteiger partial charge in [-0.1, -0.05) is 0 Å². The highest BCUT2D eigenvalue weighted by Gasteiger charge is 2.44. The molecule has 1 amide bonds. The molecule has 0 aromatic heterocycles. The van der Waals surface area contributed by atoms with Gasteiger partial charge in [-0.3, -0.25) is 9.35 Å². The van der Waals surface area contributed by atoms with E-state index in [1.807, 2.05) is 0 Å². The van der Waals surface area contributed by atoms with Gasteiger partial charge in [-0.15, -0.1) is 0 Å². The van der Waals surface area contributed by atoms with Crippen molar-refractivity contribution in [1.29, 1.82) is 0 Å². The SMILES string of the molecule is CN1C(S(=O)(=O)O)=NC(=O)C1(C)C. The molecule has 0 atom stereocenters. The van der Waals surface area contributed by atoms with E-state index >= 15 is 0 Å². The Bertz CT molecular complexity index is 381. The summed E-state index contributed by atoms with van der Waals surface area (Å²) in [6.07, 6.45) is 0. The highest BCUT2D eigenvalue weighted by molar-refractivity contribution is 8.01. The first-order chi connectivity index (χ1) is 5.67. The summed E-state index contributed by atoms with van der Waals surface area (Å²) in [6.45, 7) is 3.05. The van der Waals surface area contributed by atoms with Crippen LogP contribution in [0.5, 0.6) is 0 Å². The van der Waals surface area contributed by atoms with E-state index in [1.165, 1.54) is 20.9 Å². The average molecular weight is 206 g/mol. The molecule has 0 radical (unpaired) electrons. The Kier molecular flexibility index (Phi) is 1.96. The van der Waals surface area contributed by atoms with E-state index < -0.39 is 26.7 Å². The molecule has 7 heteroatoms. The van der Waals surface area contributed by atoms with E-state index in [0.717, 1.165) is 4.90 Å². The molecular weight excluding hydrogens is 196 g/mol. The molecule has 0 spiro atoms. The number of hydrogen-bond donors (Lipinski definition) is 1. The van der Waals surface area contributed by atoms with Gasteiger partial charge in [0, 0.05) is 7.05 Å². The Balaban J connectivity index is 3.22. The van der Waals surface area contributed by atoms with Crippen LogP contribution in [-0.2, 0) is 14.9 Å². The number of likely N-dealkylation sites (N-methyl/N-ethyl adjacent to an activating group) is 1. The monoisotopic (exact) mass is 206 g/mol. The summed E-state index contributed by atoms with van der Waals surface area (Å²) >= 11 is 0. The third kappa shape index (κ3) is 1.44. The normalized spacial score (nSPS) is 22.0. The fraction of sp³-hybridized carbons (Fsp3) is 0.667. The maximum absolute atomic E-state index is 11.2. The van der Waals surface area contributed by atoms with Crippen molar-refractivity contribution in [1.82, 2.24) is 4.90 Å². The molecule has 1 rings (SSSR count). The van der Waals surface area contributed by atoms with Crippen molar-refractivity contribution in [3.63, 3.8) is 0 Å². The molecule has 1 heterocycles. The Morgan fingerprint density at radius 2 is 1.92 bits per heavy atom. The molecule has 13 heavy (non-hydrogen) atoms. The quantitative estimate of drug-likeness (QED) is 0.539. The molecule has 0 bridgehead atoms. The largest absolute Gasteiger partial charge is 0.334 e. The Morgan fingerprint density at radius 3 is 2.08 bits per heavy atom. The van der Waals surface area contributed by atoms with Crippen LogP contribution < -0.4 is 0 Å². The van der Waals surface area contributed by atoms with Crippen molar-refractivity contribution < 1.29 is 17.8 Å². The maximum atomic E-state index is 11.2. The molecule has 6 nitrogen and oxygen atoms in total. The fourth-order valence-corrected chi connectivity index (χ4v) is 1.68. The number of nitrogens with zero attached hydrogens (tertiary/aromatic N) is 2. The number of amidine groups is 1. The van der Waals surface area contributed by atoms with Crippen molar-refractivity contribution in [3.8, 4) is 0 Å². The third-order valence-corrected chi connectivity index (χ3v) is 2.90. The van der Waals surface area contributed by atoms with Crippen LogP contribution in [0, 0.1) is 0 Å². The molecule has 0 saturated carbocycles. The zero-order chi connectivity index (χ0) is 10.4. The molecule has 0 aromatic carbocycles. The predicted octanol–water partition coefficient (Wildman–Crippen LogP) is -0.519. The predicted molar refractivity (Wildman–Crippen MR) is 45.8 cm³/mol. The molecular formula is C6H10N2O4S. The lowest BCUT2D eigenvalue weighted by Gasteiger charge is -2.26.